The molecule has 0 amide bonds. The molecule has 8 heterocycles. The molecular weight excluding hydrogens is 571 g/mol. The fraction of sp³-hybridized carbons (Fsp3) is 0.469. The fourth-order valence-corrected chi connectivity index (χ4v) is 8.72. The number of aromatic nitrogens is 3. The van der Waals surface area contributed by atoms with Gasteiger partial charge in [0.2, 0.25) is 5.88 Å². The van der Waals surface area contributed by atoms with Gasteiger partial charge < -0.3 is 24.8 Å². The second kappa shape index (κ2) is 9.51. The van der Waals surface area contributed by atoms with Crippen LogP contribution in [-0.4, -0.2) is 81.5 Å². The van der Waals surface area contributed by atoms with E-state index in [1.807, 2.05) is 6.07 Å². The average molecular weight is 603 g/mol. The number of pyridine rings is 1. The first-order valence-corrected chi connectivity index (χ1v) is 15.7. The highest BCUT2D eigenvalue weighted by Gasteiger charge is 2.47. The number of phenols is 1. The number of aromatic hydroxyl groups is 1. The van der Waals surface area contributed by atoms with Gasteiger partial charge in [-0.1, -0.05) is 23.7 Å². The van der Waals surface area contributed by atoms with Crippen molar-refractivity contribution in [1.82, 2.24) is 25.2 Å². The van der Waals surface area contributed by atoms with Crippen molar-refractivity contribution in [1.29, 1.82) is 0 Å². The van der Waals surface area contributed by atoms with E-state index in [1.165, 1.54) is 6.07 Å². The van der Waals surface area contributed by atoms with Crippen LogP contribution in [0.4, 0.5) is 10.2 Å². The smallest absolute Gasteiger partial charge is 0.319 e. The summed E-state index contributed by atoms with van der Waals surface area (Å²) in [6.45, 7) is 3.86. The number of ether oxygens (including phenoxy) is 2. The molecule has 3 atom stereocenters. The molecule has 0 aliphatic carbocycles. The molecule has 222 valence electrons. The summed E-state index contributed by atoms with van der Waals surface area (Å²) >= 11 is 6.64. The van der Waals surface area contributed by atoms with Gasteiger partial charge in [-0.2, -0.15) is 9.97 Å². The number of hydrogen-bond acceptors (Lipinski definition) is 9. The highest BCUT2D eigenvalue weighted by atomic mass is 35.5. The van der Waals surface area contributed by atoms with Crippen molar-refractivity contribution in [2.75, 3.05) is 37.7 Å². The second-order valence-electron chi connectivity index (χ2n) is 12.7. The van der Waals surface area contributed by atoms with Crippen molar-refractivity contribution >= 4 is 39.1 Å². The molecule has 10 rings (SSSR count). The quantitative estimate of drug-likeness (QED) is 0.333. The highest BCUT2D eigenvalue weighted by molar-refractivity contribution is 6.36. The number of anilines is 1. The standard InChI is InChI=1S/C32H32ClFN6O3/c33-21-5-1-4-17-12-19(41)13-20(24(17)21)27-26(34)28-25-29(38-31(37-28)43-16-32-8-2-10-39(32)11-3-9-32)40-18-6-7-22(35-14-18)23(40)15-42-30(25)36-27/h1,4-5,12-13,18,22-23,35,41H,2-3,6-11,14-16H2. The normalized spacial score (nSPS) is 25.5. The van der Waals surface area contributed by atoms with E-state index >= 15 is 4.39 Å². The van der Waals surface area contributed by atoms with Crippen molar-refractivity contribution < 1.29 is 19.0 Å². The van der Waals surface area contributed by atoms with E-state index < -0.39 is 5.82 Å². The first-order chi connectivity index (χ1) is 21.0. The number of fused-ring (bicyclic) bond motifs is 4. The molecule has 5 fully saturated rings. The number of phenolic OH excluding ortho intramolecular Hbond substituents is 1. The lowest BCUT2D eigenvalue weighted by Crippen LogP contribution is -2.68. The Hall–Kier alpha value is -3.47. The lowest BCUT2D eigenvalue weighted by molar-refractivity contribution is 0.107. The Morgan fingerprint density at radius 2 is 1.98 bits per heavy atom. The van der Waals surface area contributed by atoms with Gasteiger partial charge in [-0.05, 0) is 75.2 Å². The lowest BCUT2D eigenvalue weighted by atomic mass is 9.86. The number of hydrogen-bond donors (Lipinski definition) is 2. The number of benzene rings is 2. The second-order valence-corrected chi connectivity index (χ2v) is 13.1. The third-order valence-corrected chi connectivity index (χ3v) is 10.8. The molecule has 5 saturated heterocycles. The average Bonchev–Trinajstić information content (AvgIpc) is 3.55. The van der Waals surface area contributed by atoms with Gasteiger partial charge in [-0.3, -0.25) is 4.90 Å². The van der Waals surface area contributed by atoms with E-state index in [-0.39, 0.29) is 52.5 Å². The Labute approximate surface area is 253 Å². The van der Waals surface area contributed by atoms with Crippen molar-refractivity contribution in [3.63, 3.8) is 0 Å². The van der Waals surface area contributed by atoms with Crippen LogP contribution in [0.25, 0.3) is 32.9 Å². The molecule has 43 heavy (non-hydrogen) atoms. The maximum absolute atomic E-state index is 16.9. The van der Waals surface area contributed by atoms with Gasteiger partial charge in [0, 0.05) is 34.6 Å². The Kier molecular flexibility index (Phi) is 5.75. The Morgan fingerprint density at radius 1 is 1.12 bits per heavy atom. The van der Waals surface area contributed by atoms with E-state index in [0.717, 1.165) is 58.2 Å². The topological polar surface area (TPSA) is 95.9 Å². The van der Waals surface area contributed by atoms with Crippen LogP contribution in [0.1, 0.15) is 38.5 Å². The number of nitrogens with one attached hydrogen (secondary N) is 1. The van der Waals surface area contributed by atoms with E-state index in [4.69, 9.17) is 36.0 Å². The van der Waals surface area contributed by atoms with Crippen LogP contribution in [0.5, 0.6) is 17.6 Å². The van der Waals surface area contributed by atoms with Gasteiger partial charge in [-0.15, -0.1) is 0 Å². The van der Waals surface area contributed by atoms with Crippen molar-refractivity contribution in [2.24, 2.45) is 0 Å². The van der Waals surface area contributed by atoms with Crippen LogP contribution < -0.4 is 19.7 Å². The van der Waals surface area contributed by atoms with Crippen LogP contribution in [0.2, 0.25) is 5.02 Å². The Morgan fingerprint density at radius 3 is 2.79 bits per heavy atom. The predicted molar refractivity (Wildman–Crippen MR) is 162 cm³/mol. The summed E-state index contributed by atoms with van der Waals surface area (Å²) in [5, 5.41) is 16.4. The molecule has 4 aromatic rings. The van der Waals surface area contributed by atoms with Crippen LogP contribution >= 0.6 is 11.6 Å². The first-order valence-electron chi connectivity index (χ1n) is 15.3. The summed E-state index contributed by atoms with van der Waals surface area (Å²) in [4.78, 5) is 19.3. The number of nitrogens with zero attached hydrogens (tertiary/aromatic N) is 5. The largest absolute Gasteiger partial charge is 0.508 e. The summed E-state index contributed by atoms with van der Waals surface area (Å²) in [5.74, 6) is 0.268. The molecule has 11 heteroatoms. The molecule has 2 bridgehead atoms. The van der Waals surface area contributed by atoms with Crippen LogP contribution in [-0.2, 0) is 0 Å². The van der Waals surface area contributed by atoms with E-state index in [1.54, 1.807) is 18.2 Å². The third-order valence-electron chi connectivity index (χ3n) is 10.4. The zero-order valence-electron chi connectivity index (χ0n) is 23.7. The minimum absolute atomic E-state index is 0.00344. The minimum atomic E-state index is -0.622. The molecule has 6 aliphatic rings. The van der Waals surface area contributed by atoms with Gasteiger partial charge in [-0.25, -0.2) is 9.37 Å². The van der Waals surface area contributed by atoms with Gasteiger partial charge in [0.05, 0.1) is 11.6 Å². The van der Waals surface area contributed by atoms with E-state index in [9.17, 15) is 5.11 Å². The Bertz CT molecular complexity index is 1790. The van der Waals surface area contributed by atoms with E-state index in [2.05, 4.69) is 15.1 Å². The van der Waals surface area contributed by atoms with Crippen LogP contribution in [0.15, 0.2) is 30.3 Å². The summed E-state index contributed by atoms with van der Waals surface area (Å²) in [5.41, 5.74) is 0.490. The SMILES string of the molecule is Oc1cc(-c2nc3c4c(nc(OCC56CCCN5CCC6)nc4c2F)N2C4CCC(NC4)C2CO3)c2c(Cl)cccc2c1. The molecule has 2 N–H and O–H groups in total. The molecule has 0 spiro atoms. The maximum Gasteiger partial charge on any atom is 0.319 e. The molecule has 2 aromatic carbocycles. The van der Waals surface area contributed by atoms with E-state index in [0.29, 0.717) is 45.8 Å². The zero-order chi connectivity index (χ0) is 28.9. The lowest BCUT2D eigenvalue weighted by Gasteiger charge is -2.51. The molecule has 3 unspecified atom stereocenters. The summed E-state index contributed by atoms with van der Waals surface area (Å²) in [6, 6.07) is 9.11. The molecule has 2 aromatic heterocycles. The number of piperazine rings is 1. The third kappa shape index (κ3) is 3.85. The summed E-state index contributed by atoms with van der Waals surface area (Å²) in [6.07, 6.45) is 6.55. The molecule has 0 radical (unpaired) electrons. The van der Waals surface area contributed by atoms with Crippen LogP contribution in [0.3, 0.4) is 0 Å². The van der Waals surface area contributed by atoms with Gasteiger partial charge in [0.1, 0.15) is 41.4 Å². The minimum Gasteiger partial charge on any atom is -0.508 e. The van der Waals surface area contributed by atoms with Crippen molar-refractivity contribution in [2.45, 2.75) is 62.2 Å². The van der Waals surface area contributed by atoms with Crippen molar-refractivity contribution in [3.8, 4) is 28.9 Å². The number of rotatable bonds is 4. The number of piperidine rings is 2. The van der Waals surface area contributed by atoms with Gasteiger partial charge >= 0.3 is 6.01 Å². The molecule has 6 aliphatic heterocycles. The summed E-state index contributed by atoms with van der Waals surface area (Å²) in [7, 11) is 0. The fourth-order valence-electron chi connectivity index (χ4n) is 8.44. The van der Waals surface area contributed by atoms with Gasteiger partial charge in [0.25, 0.3) is 0 Å². The monoisotopic (exact) mass is 602 g/mol. The molecule has 9 nitrogen and oxygen atoms in total. The van der Waals surface area contributed by atoms with Crippen LogP contribution in [0, 0.1) is 5.82 Å². The maximum atomic E-state index is 16.9. The zero-order valence-corrected chi connectivity index (χ0v) is 24.4. The summed E-state index contributed by atoms with van der Waals surface area (Å²) < 4.78 is 29.7. The van der Waals surface area contributed by atoms with Gasteiger partial charge in [0.15, 0.2) is 5.82 Å². The number of halogens is 2. The highest BCUT2D eigenvalue weighted by Crippen LogP contribution is 2.46. The predicted octanol–water partition coefficient (Wildman–Crippen LogP) is 5.05. The molecule has 0 saturated carbocycles. The van der Waals surface area contributed by atoms with Crippen molar-refractivity contribution in [3.05, 3.63) is 41.2 Å². The Balaban J connectivity index is 1.25. The first kappa shape index (κ1) is 26.0. The molecular formula is C32H32ClFN6O3.